The van der Waals surface area contributed by atoms with Gasteiger partial charge in [-0.3, -0.25) is 5.10 Å². The van der Waals surface area contributed by atoms with Gasteiger partial charge in [-0.05, 0) is 48.0 Å². The molecule has 3 rings (SSSR count). The van der Waals surface area contributed by atoms with E-state index in [1.165, 1.54) is 12.1 Å². The number of ether oxygens (including phenoxy) is 2. The van der Waals surface area contributed by atoms with Crippen molar-refractivity contribution in [3.05, 3.63) is 69.0 Å². The minimum atomic E-state index is -0.286. The van der Waals surface area contributed by atoms with Crippen molar-refractivity contribution in [1.29, 1.82) is 0 Å². The number of rotatable bonds is 9. The van der Waals surface area contributed by atoms with Gasteiger partial charge in [-0.15, -0.1) is 0 Å². The first-order chi connectivity index (χ1) is 14.0. The lowest BCUT2D eigenvalue weighted by atomic mass is 10.2. The van der Waals surface area contributed by atoms with Gasteiger partial charge in [0.2, 0.25) is 4.77 Å². The number of hydrogen-bond donors (Lipinski definition) is 2. The molecule has 2 N–H and O–H groups in total. The number of nitrogens with zero attached hydrogens (tertiary/aromatic N) is 2. The lowest BCUT2D eigenvalue weighted by molar-refractivity contribution is 0.284. The highest BCUT2D eigenvalue weighted by atomic mass is 35.5. The summed E-state index contributed by atoms with van der Waals surface area (Å²) in [7, 11) is 1.57. The minimum Gasteiger partial charge on any atom is -0.493 e. The first-order valence-corrected chi connectivity index (χ1v) is 9.94. The highest BCUT2D eigenvalue weighted by molar-refractivity contribution is 7.71. The smallest absolute Gasteiger partial charge is 0.214 e. The van der Waals surface area contributed by atoms with Crippen molar-refractivity contribution in [3.63, 3.8) is 0 Å². The average molecular weight is 437 g/mol. The highest BCUT2D eigenvalue weighted by Gasteiger charge is 2.12. The lowest BCUT2D eigenvalue weighted by Gasteiger charge is -2.15. The van der Waals surface area contributed by atoms with Gasteiger partial charge in [0.05, 0.1) is 13.7 Å². The summed E-state index contributed by atoms with van der Waals surface area (Å²) in [5, 5.41) is 7.55. The molecule has 154 valence electrons. The first-order valence-electron chi connectivity index (χ1n) is 9.15. The summed E-state index contributed by atoms with van der Waals surface area (Å²) in [5.41, 5.74) is 4.90. The van der Waals surface area contributed by atoms with Gasteiger partial charge in [-0.25, -0.2) is 9.07 Å². The molecule has 1 heterocycles. The predicted octanol–water partition coefficient (Wildman–Crippen LogP) is 5.02. The number of aryl methyl sites for hydroxylation is 1. The van der Waals surface area contributed by atoms with Gasteiger partial charge in [-0.1, -0.05) is 30.7 Å². The number of benzene rings is 2. The van der Waals surface area contributed by atoms with Crippen LogP contribution in [0.1, 0.15) is 30.3 Å². The molecule has 0 spiro atoms. The largest absolute Gasteiger partial charge is 0.493 e. The number of H-pyrrole nitrogens is 1. The van der Waals surface area contributed by atoms with Crippen molar-refractivity contribution in [2.24, 2.45) is 0 Å². The molecule has 0 aliphatic carbocycles. The monoisotopic (exact) mass is 436 g/mol. The summed E-state index contributed by atoms with van der Waals surface area (Å²) in [6, 6.07) is 9.66. The molecule has 29 heavy (non-hydrogen) atoms. The Morgan fingerprint density at radius 2 is 2.00 bits per heavy atom. The third-order valence-electron chi connectivity index (χ3n) is 4.28. The molecule has 0 fully saturated rings. The Labute approximate surface area is 178 Å². The maximum Gasteiger partial charge on any atom is 0.214 e. The third kappa shape index (κ3) is 5.27. The van der Waals surface area contributed by atoms with Gasteiger partial charge >= 0.3 is 0 Å². The molecule has 1 aromatic heterocycles. The Balaban J connectivity index is 1.73. The molecular formula is C20H22ClFN4O2S. The zero-order valence-electron chi connectivity index (χ0n) is 16.2. The Bertz CT molecular complexity index is 1020. The SMILES string of the molecule is CCCc1n[nH]c(=S)n1NCc1cc(OC)c(OCc2ccc(F)cc2)cc1Cl. The highest BCUT2D eigenvalue weighted by Crippen LogP contribution is 2.34. The van der Waals surface area contributed by atoms with E-state index in [1.54, 1.807) is 30.0 Å². The number of aromatic amines is 1. The average Bonchev–Trinajstić information content (AvgIpc) is 3.06. The maximum atomic E-state index is 13.0. The molecular weight excluding hydrogens is 415 g/mol. The molecule has 0 unspecified atom stereocenters. The van der Waals surface area contributed by atoms with Crippen molar-refractivity contribution < 1.29 is 13.9 Å². The van der Waals surface area contributed by atoms with Crippen LogP contribution in [0.3, 0.4) is 0 Å². The second kappa shape index (κ2) is 9.76. The fourth-order valence-electron chi connectivity index (χ4n) is 2.77. The van der Waals surface area contributed by atoms with Crippen LogP contribution in [0.5, 0.6) is 11.5 Å². The van der Waals surface area contributed by atoms with E-state index in [0.717, 1.165) is 29.8 Å². The number of hydrogen-bond acceptors (Lipinski definition) is 5. The molecule has 0 amide bonds. The molecule has 0 aliphatic rings. The Morgan fingerprint density at radius 1 is 1.24 bits per heavy atom. The van der Waals surface area contributed by atoms with Crippen LogP contribution in [0.15, 0.2) is 36.4 Å². The van der Waals surface area contributed by atoms with E-state index in [9.17, 15) is 4.39 Å². The van der Waals surface area contributed by atoms with Gasteiger partial charge in [0.15, 0.2) is 17.3 Å². The van der Waals surface area contributed by atoms with E-state index < -0.39 is 0 Å². The summed E-state index contributed by atoms with van der Waals surface area (Å²) in [6.45, 7) is 2.78. The zero-order chi connectivity index (χ0) is 20.8. The molecule has 0 atom stereocenters. The molecule has 2 aromatic carbocycles. The second-order valence-corrected chi connectivity index (χ2v) is 7.17. The van der Waals surface area contributed by atoms with Crippen molar-refractivity contribution in [2.75, 3.05) is 12.5 Å². The van der Waals surface area contributed by atoms with Crippen LogP contribution >= 0.6 is 23.8 Å². The molecule has 0 radical (unpaired) electrons. The zero-order valence-corrected chi connectivity index (χ0v) is 17.7. The molecule has 0 aliphatic heterocycles. The molecule has 0 saturated heterocycles. The minimum absolute atomic E-state index is 0.273. The van der Waals surface area contributed by atoms with Gasteiger partial charge < -0.3 is 14.9 Å². The standard InChI is InChI=1S/C20H22ClFN4O2S/c1-3-4-19-24-25-20(29)26(19)23-11-14-9-17(27-2)18(10-16(14)21)28-12-13-5-7-15(22)8-6-13/h5-10,23H,3-4,11-12H2,1-2H3,(H,25,29). The van der Waals surface area contributed by atoms with Crippen molar-refractivity contribution >= 4 is 23.8 Å². The van der Waals surface area contributed by atoms with E-state index in [-0.39, 0.29) is 12.4 Å². The van der Waals surface area contributed by atoms with E-state index in [4.69, 9.17) is 33.3 Å². The summed E-state index contributed by atoms with van der Waals surface area (Å²) >= 11 is 11.7. The topological polar surface area (TPSA) is 64.1 Å². The first kappa shape index (κ1) is 21.1. The number of methoxy groups -OCH3 is 1. The Morgan fingerprint density at radius 3 is 2.69 bits per heavy atom. The lowest BCUT2D eigenvalue weighted by Crippen LogP contribution is -2.18. The summed E-state index contributed by atoms with van der Waals surface area (Å²) in [5.74, 6) is 1.61. The number of nitrogens with one attached hydrogen (secondary N) is 2. The number of aromatic nitrogens is 3. The van der Waals surface area contributed by atoms with Gasteiger partial charge in [-0.2, -0.15) is 5.10 Å². The quantitative estimate of drug-likeness (QED) is 0.461. The van der Waals surface area contributed by atoms with E-state index in [0.29, 0.717) is 27.8 Å². The summed E-state index contributed by atoms with van der Waals surface area (Å²) < 4.78 is 26.6. The predicted molar refractivity (Wildman–Crippen MR) is 113 cm³/mol. The maximum absolute atomic E-state index is 13.0. The van der Waals surface area contributed by atoms with Gasteiger partial charge in [0.25, 0.3) is 0 Å². The fourth-order valence-corrected chi connectivity index (χ4v) is 3.21. The molecule has 9 heteroatoms. The van der Waals surface area contributed by atoms with Crippen LogP contribution in [0, 0.1) is 10.6 Å². The van der Waals surface area contributed by atoms with Crippen LogP contribution in [0.2, 0.25) is 5.02 Å². The second-order valence-electron chi connectivity index (χ2n) is 6.37. The van der Waals surface area contributed by atoms with Gasteiger partial charge in [0.1, 0.15) is 12.4 Å². The van der Waals surface area contributed by atoms with Crippen LogP contribution in [0.4, 0.5) is 4.39 Å². The van der Waals surface area contributed by atoms with Crippen LogP contribution in [0.25, 0.3) is 0 Å². The van der Waals surface area contributed by atoms with Gasteiger partial charge in [0, 0.05) is 17.5 Å². The fraction of sp³-hybridized carbons (Fsp3) is 0.300. The van der Waals surface area contributed by atoms with Crippen LogP contribution in [-0.4, -0.2) is 22.0 Å². The van der Waals surface area contributed by atoms with E-state index in [2.05, 4.69) is 22.5 Å². The van der Waals surface area contributed by atoms with Crippen LogP contribution in [-0.2, 0) is 19.6 Å². The molecule has 0 bridgehead atoms. The van der Waals surface area contributed by atoms with E-state index >= 15 is 0 Å². The summed E-state index contributed by atoms with van der Waals surface area (Å²) in [6.07, 6.45) is 1.75. The molecule has 6 nitrogen and oxygen atoms in total. The van der Waals surface area contributed by atoms with E-state index in [1.807, 2.05) is 6.07 Å². The number of halogens is 2. The molecule has 3 aromatic rings. The van der Waals surface area contributed by atoms with Crippen molar-refractivity contribution in [3.8, 4) is 11.5 Å². The Kier molecular flexibility index (Phi) is 7.11. The van der Waals surface area contributed by atoms with Crippen molar-refractivity contribution in [2.45, 2.75) is 32.9 Å². The van der Waals surface area contributed by atoms with Crippen LogP contribution < -0.4 is 14.9 Å². The third-order valence-corrected chi connectivity index (χ3v) is 4.91. The summed E-state index contributed by atoms with van der Waals surface area (Å²) in [4.78, 5) is 0. The molecule has 0 saturated carbocycles. The Hall–Kier alpha value is -2.58. The van der Waals surface area contributed by atoms with Crippen molar-refractivity contribution in [1.82, 2.24) is 14.9 Å². The normalized spacial score (nSPS) is 10.8.